The maximum absolute atomic E-state index is 10.9. The first kappa shape index (κ1) is 91.5. The molecule has 30 heteroatoms. The summed E-state index contributed by atoms with van der Waals surface area (Å²) in [5, 5.41) is 90.7. The molecule has 3 rings (SSSR count). The van der Waals surface area contributed by atoms with E-state index >= 15 is 0 Å². The minimum Gasteiger partial charge on any atom is -0.481 e. The summed E-state index contributed by atoms with van der Waals surface area (Å²) in [4.78, 5) is 194. The van der Waals surface area contributed by atoms with Crippen molar-refractivity contribution in [2.45, 2.75) is 82.1 Å². The highest BCUT2D eigenvalue weighted by Crippen LogP contribution is 2.10. The topological polar surface area (TPSA) is 547 Å². The quantitative estimate of drug-likeness (QED) is 0.0271. The average Bonchev–Trinajstić information content (AvgIpc) is 1.40. The summed E-state index contributed by atoms with van der Waals surface area (Å²) in [5.41, 5.74) is 1.09. The minimum absolute atomic E-state index is 0.0347. The van der Waals surface area contributed by atoms with Crippen molar-refractivity contribution in [3.8, 4) is 0 Å². The molecule has 30 nitrogen and oxygen atoms in total. The predicted molar refractivity (Wildman–Crippen MR) is 326 cm³/mol. The van der Waals surface area contributed by atoms with Crippen LogP contribution in [-0.2, 0) is 62.3 Å². The standard InChI is InChI=1S/3C9H8O3.C7H8O5.C7H8O3.2C6H8O3.C5H6O4.C5H6O3/c1-6(10)7-2-4-8(5-3-7)9(11)12;1-6(10)7-3-2-4-8(5-7)9(11)12;1-6(10)7-4-2-3-5-8(7)9(11)12;1-4(8)2-5(7(11)12)3-6(9)10;1-6(8)4-2-3-5-7(9)10;1-4(6(8)9)3-5(2)7;1-5(7)3-2-4-6(8)9;1-3(5(8)9)2-4(6)7;1-4(6)2-3-5(7)8/h3*2-5H,1H3,(H,11,12);2H,3H2,1H3,(H,9,10)(H,11,12);2-5H,1H3,(H,9,10);3H,1-2H3,(H,8,9);2,4H,3H2,1H3,(H,8,9);2H,1H3,(H,6,7)(H,8,9);2-3H,1H3,(H,7,8)/b;;;5-2-;4-2+,5-3+;4-3-;4-2+;3-2+;3-2-. The predicted octanol–water partition coefficient (Wildman–Crippen LogP) is 7.13. The smallest absolute Gasteiger partial charge is 0.336 e. The Bertz CT molecular complexity index is 3260. The lowest BCUT2D eigenvalue weighted by atomic mass is 10.1. The van der Waals surface area contributed by atoms with Crippen molar-refractivity contribution in [1.82, 2.24) is 0 Å². The molecule has 0 aliphatic rings. The molecule has 3 aromatic carbocycles. The van der Waals surface area contributed by atoms with Crippen molar-refractivity contribution in [2.75, 3.05) is 0 Å². The number of carboxylic acid groups (broad SMARTS) is 11. The van der Waals surface area contributed by atoms with Crippen molar-refractivity contribution in [3.05, 3.63) is 190 Å². The van der Waals surface area contributed by atoms with E-state index in [4.69, 9.17) is 56.2 Å². The van der Waals surface area contributed by atoms with Gasteiger partial charge in [-0.3, -0.25) is 43.2 Å². The van der Waals surface area contributed by atoms with Crippen LogP contribution in [0.3, 0.4) is 0 Å². The molecule has 0 spiro atoms. The average molecular weight is 1310 g/mol. The Kier molecular flexibility index (Phi) is 51.7. The molecule has 0 radical (unpaired) electrons. The first-order chi connectivity index (χ1) is 42.7. The zero-order valence-electron chi connectivity index (χ0n) is 51.4. The summed E-state index contributed by atoms with van der Waals surface area (Å²) in [7, 11) is 0. The lowest BCUT2D eigenvalue weighted by molar-refractivity contribution is -0.139. The minimum atomic E-state index is -1.38. The van der Waals surface area contributed by atoms with E-state index in [1.165, 1.54) is 135 Å². The number of carbonyl (C=O) groups is 19. The normalized spacial score (nSPS) is 10.2. The zero-order chi connectivity index (χ0) is 73.8. The van der Waals surface area contributed by atoms with E-state index in [-0.39, 0.29) is 80.3 Å². The van der Waals surface area contributed by atoms with Crippen LogP contribution in [0.15, 0.2) is 156 Å². The van der Waals surface area contributed by atoms with Crippen LogP contribution in [0, 0.1) is 0 Å². The Morgan fingerprint density at radius 3 is 1.03 bits per heavy atom. The van der Waals surface area contributed by atoms with Crippen molar-refractivity contribution >= 4 is 112 Å². The second-order valence-electron chi connectivity index (χ2n) is 17.3. The van der Waals surface area contributed by atoms with Gasteiger partial charge in [-0.25, -0.2) is 47.9 Å². The summed E-state index contributed by atoms with van der Waals surface area (Å²) >= 11 is 0. The SMILES string of the molecule is C/C(=C\C(=O)O)C(=O)O.CC(=O)/C=C(/C)C(=O)O.CC(=O)/C=C(/CC(=O)O)C(=O)O.CC(=O)/C=C/C=C/C(=O)O.CC(=O)/C=C\C(=O)O.CC(=O)C/C=C/C(=O)O.CC(=O)c1ccc(C(=O)O)cc1.CC(=O)c1cccc(C(=O)O)c1.CC(=O)c1ccccc1C(=O)O. The Balaban J connectivity index is -0.000000230. The number of rotatable bonds is 22. The summed E-state index contributed by atoms with van der Waals surface area (Å²) < 4.78 is 0. The van der Waals surface area contributed by atoms with E-state index in [9.17, 15) is 91.1 Å². The van der Waals surface area contributed by atoms with E-state index in [1.807, 2.05) is 0 Å². The van der Waals surface area contributed by atoms with Crippen molar-refractivity contribution in [2.24, 2.45) is 0 Å². The third-order valence-corrected chi connectivity index (χ3v) is 8.83. The fourth-order valence-corrected chi connectivity index (χ4v) is 4.75. The van der Waals surface area contributed by atoms with E-state index in [2.05, 4.69) is 0 Å². The van der Waals surface area contributed by atoms with E-state index in [0.717, 1.165) is 43.4 Å². The molecular weight excluding hydrogens is 1240 g/mol. The van der Waals surface area contributed by atoms with Gasteiger partial charge in [0, 0.05) is 58.6 Å². The third-order valence-electron chi connectivity index (χ3n) is 8.83. The van der Waals surface area contributed by atoms with Gasteiger partial charge in [0.25, 0.3) is 0 Å². The molecule has 0 amide bonds. The van der Waals surface area contributed by atoms with Gasteiger partial charge >= 0.3 is 65.7 Å². The molecule has 3 aromatic rings. The number of aliphatic carboxylic acids is 8. The number of ketones is 8. The Morgan fingerprint density at radius 1 is 0.333 bits per heavy atom. The van der Waals surface area contributed by atoms with Gasteiger partial charge in [-0.1, -0.05) is 60.7 Å². The number of aromatic carboxylic acids is 3. The highest BCUT2D eigenvalue weighted by molar-refractivity contribution is 6.05. The van der Waals surface area contributed by atoms with Crippen molar-refractivity contribution in [1.29, 1.82) is 0 Å². The molecule has 0 bridgehead atoms. The second-order valence-corrected chi connectivity index (χ2v) is 17.3. The number of allylic oxidation sites excluding steroid dienone is 7. The monoisotopic (exact) mass is 1300 g/mol. The fourth-order valence-electron chi connectivity index (χ4n) is 4.75. The van der Waals surface area contributed by atoms with Gasteiger partial charge in [0.15, 0.2) is 40.5 Å². The zero-order valence-corrected chi connectivity index (χ0v) is 51.4. The van der Waals surface area contributed by atoms with Gasteiger partial charge in [-0.05, 0) is 124 Å². The first-order valence-electron chi connectivity index (χ1n) is 25.4. The summed E-state index contributed by atoms with van der Waals surface area (Å²) in [6.07, 6.45) is 11.1. The maximum Gasteiger partial charge on any atom is 0.336 e. The van der Waals surface area contributed by atoms with Crippen LogP contribution < -0.4 is 0 Å². The fraction of sp³-hybridized carbons (Fsp3) is 0.190. The van der Waals surface area contributed by atoms with Crippen molar-refractivity contribution < 1.29 is 147 Å². The molecule has 0 aromatic heterocycles. The van der Waals surface area contributed by atoms with Crippen LogP contribution in [0.1, 0.15) is 144 Å². The molecule has 0 saturated heterocycles. The van der Waals surface area contributed by atoms with E-state index in [1.54, 1.807) is 24.3 Å². The molecule has 0 fully saturated rings. The molecule has 500 valence electrons. The van der Waals surface area contributed by atoms with E-state index in [0.29, 0.717) is 17.2 Å². The number of carboxylic acids is 11. The summed E-state index contributed by atoms with van der Waals surface area (Å²) in [6, 6.07) is 18.0. The Hall–Kier alpha value is -12.6. The van der Waals surface area contributed by atoms with Gasteiger partial charge in [0.1, 0.15) is 5.78 Å². The summed E-state index contributed by atoms with van der Waals surface area (Å²) in [6.45, 7) is 13.4. The molecule has 93 heavy (non-hydrogen) atoms. The van der Waals surface area contributed by atoms with Crippen LogP contribution >= 0.6 is 0 Å². The van der Waals surface area contributed by atoms with Crippen LogP contribution in [0.25, 0.3) is 0 Å². The summed E-state index contributed by atoms with van der Waals surface area (Å²) in [5.74, 6) is -13.9. The second kappa shape index (κ2) is 52.5. The highest BCUT2D eigenvalue weighted by atomic mass is 16.4. The molecule has 0 aliphatic heterocycles. The molecule has 0 heterocycles. The van der Waals surface area contributed by atoms with Gasteiger partial charge in [0.2, 0.25) is 0 Å². The number of hydrogen-bond donors (Lipinski definition) is 11. The van der Waals surface area contributed by atoms with Gasteiger partial charge in [-0.15, -0.1) is 0 Å². The van der Waals surface area contributed by atoms with Crippen LogP contribution in [0.5, 0.6) is 0 Å². The van der Waals surface area contributed by atoms with Gasteiger partial charge in [0.05, 0.1) is 28.7 Å². The lowest BCUT2D eigenvalue weighted by Crippen LogP contribution is -2.08. The largest absolute Gasteiger partial charge is 0.481 e. The Morgan fingerprint density at radius 2 is 0.742 bits per heavy atom. The lowest BCUT2D eigenvalue weighted by Gasteiger charge is -1.99. The number of benzene rings is 3. The van der Waals surface area contributed by atoms with Crippen LogP contribution in [0.4, 0.5) is 0 Å². The molecular formula is C63H68O30. The molecule has 0 aliphatic carbocycles. The van der Waals surface area contributed by atoms with Gasteiger partial charge in [-0.2, -0.15) is 0 Å². The third kappa shape index (κ3) is 60.8. The van der Waals surface area contributed by atoms with E-state index < -0.39 is 83.4 Å². The highest BCUT2D eigenvalue weighted by Gasteiger charge is 2.13. The molecule has 11 N–H and O–H groups in total. The van der Waals surface area contributed by atoms with Crippen LogP contribution in [-0.4, -0.2) is 168 Å². The van der Waals surface area contributed by atoms with Crippen molar-refractivity contribution in [3.63, 3.8) is 0 Å². The Labute approximate surface area is 529 Å². The van der Waals surface area contributed by atoms with Gasteiger partial charge < -0.3 is 56.2 Å². The number of carbonyl (C=O) groups excluding carboxylic acids is 8. The van der Waals surface area contributed by atoms with Crippen LogP contribution in [0.2, 0.25) is 0 Å². The molecule has 0 saturated carbocycles. The number of hydrogen-bond acceptors (Lipinski definition) is 19. The number of Topliss-reactive ketones (excluding diaryl/α,β-unsaturated/α-hetero) is 4. The molecule has 0 unspecified atom stereocenters. The molecule has 0 atom stereocenters. The maximum atomic E-state index is 10.9. The first-order valence-corrected chi connectivity index (χ1v) is 25.4.